The third-order valence-electron chi connectivity index (χ3n) is 4.46. The zero-order chi connectivity index (χ0) is 20.7. The van der Waals surface area contributed by atoms with Gasteiger partial charge < -0.3 is 10.2 Å². The van der Waals surface area contributed by atoms with Crippen molar-refractivity contribution in [1.29, 1.82) is 0 Å². The van der Waals surface area contributed by atoms with Crippen molar-refractivity contribution in [3.05, 3.63) is 69.2 Å². The number of thioether (sulfide) groups is 1. The standard InChI is InChI=1S/C22H27BrN2O2S/c1-15-9-16(2)11-19(10-15)13-28-14-21(26)25(17(3)22(27)24-4)12-18-5-7-20(23)8-6-18/h5-11,17H,12-14H2,1-4H3,(H,24,27)/t17-/m0/s1. The molecule has 0 aliphatic heterocycles. The van der Waals surface area contributed by atoms with Gasteiger partial charge in [0.15, 0.2) is 0 Å². The number of carbonyl (C=O) groups is 2. The zero-order valence-corrected chi connectivity index (χ0v) is 19.2. The van der Waals surface area contributed by atoms with Crippen molar-refractivity contribution >= 4 is 39.5 Å². The van der Waals surface area contributed by atoms with Crippen LogP contribution in [0.2, 0.25) is 0 Å². The Kier molecular flexibility index (Phi) is 8.58. The Hall–Kier alpha value is -1.79. The minimum absolute atomic E-state index is 0.0339. The maximum Gasteiger partial charge on any atom is 0.242 e. The van der Waals surface area contributed by atoms with Gasteiger partial charge in [-0.25, -0.2) is 0 Å². The van der Waals surface area contributed by atoms with Gasteiger partial charge in [0.1, 0.15) is 6.04 Å². The lowest BCUT2D eigenvalue weighted by Gasteiger charge is -2.28. The molecule has 0 aliphatic rings. The summed E-state index contributed by atoms with van der Waals surface area (Å²) >= 11 is 5.00. The van der Waals surface area contributed by atoms with Gasteiger partial charge in [0.25, 0.3) is 0 Å². The van der Waals surface area contributed by atoms with Crippen LogP contribution in [-0.2, 0) is 21.9 Å². The van der Waals surface area contributed by atoms with Crippen LogP contribution in [-0.4, -0.2) is 35.6 Å². The first-order valence-corrected chi connectivity index (χ1v) is 11.2. The van der Waals surface area contributed by atoms with E-state index in [1.165, 1.54) is 16.7 Å². The Morgan fingerprint density at radius 1 is 1.07 bits per heavy atom. The number of nitrogens with one attached hydrogen (secondary N) is 1. The van der Waals surface area contributed by atoms with E-state index in [1.807, 2.05) is 24.3 Å². The monoisotopic (exact) mass is 462 g/mol. The number of carbonyl (C=O) groups excluding carboxylic acids is 2. The first-order chi connectivity index (χ1) is 13.3. The van der Waals surface area contributed by atoms with Crippen LogP contribution in [0.4, 0.5) is 0 Å². The molecule has 0 saturated carbocycles. The Labute approximate surface area is 180 Å². The molecule has 28 heavy (non-hydrogen) atoms. The predicted octanol–water partition coefficient (Wildman–Crippen LogP) is 4.46. The van der Waals surface area contributed by atoms with E-state index >= 15 is 0 Å². The number of hydrogen-bond acceptors (Lipinski definition) is 3. The molecule has 6 heteroatoms. The normalized spacial score (nSPS) is 11.8. The molecule has 4 nitrogen and oxygen atoms in total. The topological polar surface area (TPSA) is 49.4 Å². The summed E-state index contributed by atoms with van der Waals surface area (Å²) in [5.74, 6) is 0.915. The molecule has 0 radical (unpaired) electrons. The first kappa shape index (κ1) is 22.5. The van der Waals surface area contributed by atoms with Crippen LogP contribution in [0.3, 0.4) is 0 Å². The van der Waals surface area contributed by atoms with Gasteiger partial charge in [-0.1, -0.05) is 57.4 Å². The van der Waals surface area contributed by atoms with Crippen molar-refractivity contribution in [2.45, 2.75) is 39.1 Å². The molecule has 0 aromatic heterocycles. The van der Waals surface area contributed by atoms with Crippen LogP contribution in [0.5, 0.6) is 0 Å². The average molecular weight is 463 g/mol. The molecule has 1 atom stereocenters. The maximum absolute atomic E-state index is 12.9. The van der Waals surface area contributed by atoms with Gasteiger partial charge in [-0.05, 0) is 44.0 Å². The number of nitrogens with zero attached hydrogens (tertiary/aromatic N) is 1. The summed E-state index contributed by atoms with van der Waals surface area (Å²) in [4.78, 5) is 26.7. The minimum Gasteiger partial charge on any atom is -0.357 e. The lowest BCUT2D eigenvalue weighted by molar-refractivity contribution is -0.138. The van der Waals surface area contributed by atoms with Gasteiger partial charge in [0.05, 0.1) is 5.75 Å². The first-order valence-electron chi connectivity index (χ1n) is 9.20. The third kappa shape index (κ3) is 6.67. The molecule has 0 unspecified atom stereocenters. The molecule has 1 N–H and O–H groups in total. The third-order valence-corrected chi connectivity index (χ3v) is 5.97. The average Bonchev–Trinajstić information content (AvgIpc) is 2.65. The largest absolute Gasteiger partial charge is 0.357 e. The highest BCUT2D eigenvalue weighted by Gasteiger charge is 2.25. The second kappa shape index (κ2) is 10.7. The predicted molar refractivity (Wildman–Crippen MR) is 120 cm³/mol. The summed E-state index contributed by atoms with van der Waals surface area (Å²) in [5.41, 5.74) is 4.67. The lowest BCUT2D eigenvalue weighted by Crippen LogP contribution is -2.47. The van der Waals surface area contributed by atoms with E-state index in [0.29, 0.717) is 12.3 Å². The summed E-state index contributed by atoms with van der Waals surface area (Å²) in [6, 6.07) is 13.7. The number of halogens is 1. The lowest BCUT2D eigenvalue weighted by atomic mass is 10.1. The number of likely N-dealkylation sites (N-methyl/N-ethyl adjacent to an activating group) is 1. The molecule has 0 heterocycles. The van der Waals surface area contributed by atoms with Crippen LogP contribution in [0.15, 0.2) is 46.9 Å². The summed E-state index contributed by atoms with van der Waals surface area (Å²) < 4.78 is 0.984. The molecular formula is C22H27BrN2O2S. The van der Waals surface area contributed by atoms with Crippen LogP contribution < -0.4 is 5.32 Å². The van der Waals surface area contributed by atoms with E-state index in [-0.39, 0.29) is 11.8 Å². The van der Waals surface area contributed by atoms with Crippen molar-refractivity contribution in [3.8, 4) is 0 Å². The maximum atomic E-state index is 12.9. The second-order valence-corrected chi connectivity index (χ2v) is 8.83. The Morgan fingerprint density at radius 2 is 1.68 bits per heavy atom. The summed E-state index contributed by atoms with van der Waals surface area (Å²) in [7, 11) is 1.59. The van der Waals surface area contributed by atoms with Gasteiger partial charge in [-0.3, -0.25) is 9.59 Å². The van der Waals surface area contributed by atoms with Gasteiger partial charge in [0, 0.05) is 23.8 Å². The molecule has 0 aliphatic carbocycles. The molecule has 0 saturated heterocycles. The van der Waals surface area contributed by atoms with E-state index < -0.39 is 6.04 Å². The highest BCUT2D eigenvalue weighted by Crippen LogP contribution is 2.19. The molecule has 2 rings (SSSR count). The van der Waals surface area contributed by atoms with E-state index in [2.05, 4.69) is 53.3 Å². The number of hydrogen-bond donors (Lipinski definition) is 1. The fraction of sp³-hybridized carbons (Fsp3) is 0.364. The van der Waals surface area contributed by atoms with Gasteiger partial charge in [-0.2, -0.15) is 0 Å². The molecule has 150 valence electrons. The van der Waals surface area contributed by atoms with E-state index in [4.69, 9.17) is 0 Å². The van der Waals surface area contributed by atoms with E-state index in [0.717, 1.165) is 15.8 Å². The molecular weight excluding hydrogens is 436 g/mol. The van der Waals surface area contributed by atoms with Crippen LogP contribution in [0.25, 0.3) is 0 Å². The molecule has 2 aromatic rings. The summed E-state index contributed by atoms with van der Waals surface area (Å²) in [6.07, 6.45) is 0. The number of amides is 2. The SMILES string of the molecule is CNC(=O)[C@H](C)N(Cc1ccc(Br)cc1)C(=O)CSCc1cc(C)cc(C)c1. The molecule has 0 fully saturated rings. The van der Waals surface area contributed by atoms with Crippen molar-refractivity contribution in [2.75, 3.05) is 12.8 Å². The Morgan fingerprint density at radius 3 is 2.25 bits per heavy atom. The Balaban J connectivity index is 2.05. The molecule has 2 aromatic carbocycles. The molecule has 2 amide bonds. The highest BCUT2D eigenvalue weighted by atomic mass is 79.9. The fourth-order valence-electron chi connectivity index (χ4n) is 3.07. The van der Waals surface area contributed by atoms with Crippen LogP contribution >= 0.6 is 27.7 Å². The Bertz CT molecular complexity index is 804. The second-order valence-electron chi connectivity index (χ2n) is 6.93. The fourth-order valence-corrected chi connectivity index (χ4v) is 4.18. The van der Waals surface area contributed by atoms with Crippen molar-refractivity contribution in [3.63, 3.8) is 0 Å². The van der Waals surface area contributed by atoms with Crippen molar-refractivity contribution in [2.24, 2.45) is 0 Å². The van der Waals surface area contributed by atoms with Gasteiger partial charge in [-0.15, -0.1) is 11.8 Å². The quantitative estimate of drug-likeness (QED) is 0.629. The minimum atomic E-state index is -0.525. The molecule has 0 bridgehead atoms. The van der Waals surface area contributed by atoms with E-state index in [9.17, 15) is 9.59 Å². The van der Waals surface area contributed by atoms with Crippen molar-refractivity contribution < 1.29 is 9.59 Å². The van der Waals surface area contributed by atoms with Gasteiger partial charge in [0.2, 0.25) is 11.8 Å². The number of rotatable bonds is 8. The van der Waals surface area contributed by atoms with Crippen LogP contribution in [0.1, 0.15) is 29.2 Å². The zero-order valence-electron chi connectivity index (χ0n) is 16.8. The van der Waals surface area contributed by atoms with E-state index in [1.54, 1.807) is 30.6 Å². The van der Waals surface area contributed by atoms with Crippen molar-refractivity contribution in [1.82, 2.24) is 10.2 Å². The highest BCUT2D eigenvalue weighted by molar-refractivity contribution is 9.10. The number of benzene rings is 2. The van der Waals surface area contributed by atoms with Gasteiger partial charge >= 0.3 is 0 Å². The van der Waals surface area contributed by atoms with Crippen LogP contribution in [0, 0.1) is 13.8 Å². The smallest absolute Gasteiger partial charge is 0.242 e. The molecule has 0 spiro atoms. The number of aryl methyl sites for hydroxylation is 2. The summed E-state index contributed by atoms with van der Waals surface area (Å²) in [6.45, 7) is 6.34. The summed E-state index contributed by atoms with van der Waals surface area (Å²) in [5, 5.41) is 2.64.